The zero-order valence-electron chi connectivity index (χ0n) is 13.0. The van der Waals surface area contributed by atoms with Gasteiger partial charge in [-0.3, -0.25) is 0 Å². The first-order valence-corrected chi connectivity index (χ1v) is 9.42. The quantitative estimate of drug-likeness (QED) is 0.877. The van der Waals surface area contributed by atoms with E-state index in [0.29, 0.717) is 6.54 Å². The third-order valence-electron chi connectivity index (χ3n) is 4.15. The fourth-order valence-electron chi connectivity index (χ4n) is 3.10. The molecule has 0 bridgehead atoms. The zero-order chi connectivity index (χ0) is 15.3. The summed E-state index contributed by atoms with van der Waals surface area (Å²) in [6.07, 6.45) is 3.02. The molecule has 2 rings (SSSR count). The molecule has 2 unspecified atom stereocenters. The summed E-state index contributed by atoms with van der Waals surface area (Å²) in [4.78, 5) is 0. The molecule has 1 aliphatic rings. The van der Waals surface area contributed by atoms with Crippen LogP contribution in [0.2, 0.25) is 0 Å². The highest BCUT2D eigenvalue weighted by Gasteiger charge is 2.35. The van der Waals surface area contributed by atoms with Crippen LogP contribution in [0.25, 0.3) is 0 Å². The Hall–Kier alpha value is -0.910. The van der Waals surface area contributed by atoms with Crippen LogP contribution in [0.1, 0.15) is 38.7 Å². The van der Waals surface area contributed by atoms with E-state index < -0.39 is 10.0 Å². The second-order valence-electron chi connectivity index (χ2n) is 5.76. The molecule has 1 aromatic rings. The Morgan fingerprint density at radius 2 is 2.00 bits per heavy atom. The van der Waals surface area contributed by atoms with E-state index in [1.165, 1.54) is 0 Å². The van der Waals surface area contributed by atoms with E-state index in [4.69, 9.17) is 0 Å². The predicted octanol–water partition coefficient (Wildman–Crippen LogP) is 2.37. The monoisotopic (exact) mass is 310 g/mol. The summed E-state index contributed by atoms with van der Waals surface area (Å²) in [5.41, 5.74) is 0.859. The Balaban J connectivity index is 2.15. The van der Waals surface area contributed by atoms with Crippen molar-refractivity contribution in [1.29, 1.82) is 0 Å². The zero-order valence-corrected chi connectivity index (χ0v) is 13.8. The maximum absolute atomic E-state index is 12.8. The molecule has 0 saturated carbocycles. The van der Waals surface area contributed by atoms with Gasteiger partial charge < -0.3 is 5.32 Å². The molecule has 0 aromatic heterocycles. The van der Waals surface area contributed by atoms with Crippen LogP contribution >= 0.6 is 0 Å². The standard InChI is InChI=1S/C16H26N2O2S/c1-3-17-14(2)16-11-7-8-12-18(16)21(19,20)13-15-9-5-4-6-10-15/h4-6,9-10,14,16-17H,3,7-8,11-13H2,1-2H3. The van der Waals surface area contributed by atoms with Gasteiger partial charge in [0, 0.05) is 18.6 Å². The van der Waals surface area contributed by atoms with Gasteiger partial charge in [-0.2, -0.15) is 4.31 Å². The van der Waals surface area contributed by atoms with Crippen molar-refractivity contribution in [2.45, 2.75) is 50.9 Å². The van der Waals surface area contributed by atoms with Gasteiger partial charge in [-0.15, -0.1) is 0 Å². The van der Waals surface area contributed by atoms with Crippen LogP contribution in [0, 0.1) is 0 Å². The van der Waals surface area contributed by atoms with Crippen molar-refractivity contribution >= 4 is 10.0 Å². The van der Waals surface area contributed by atoms with Gasteiger partial charge in [0.15, 0.2) is 0 Å². The number of sulfonamides is 1. The van der Waals surface area contributed by atoms with Gasteiger partial charge in [0.05, 0.1) is 5.75 Å². The number of hydrogen-bond acceptors (Lipinski definition) is 3. The van der Waals surface area contributed by atoms with Crippen LogP contribution in [-0.2, 0) is 15.8 Å². The van der Waals surface area contributed by atoms with Crippen molar-refractivity contribution in [3.05, 3.63) is 35.9 Å². The number of piperidine rings is 1. The minimum Gasteiger partial charge on any atom is -0.313 e. The first-order valence-electron chi connectivity index (χ1n) is 7.81. The van der Waals surface area contributed by atoms with Gasteiger partial charge in [-0.1, -0.05) is 43.7 Å². The molecular weight excluding hydrogens is 284 g/mol. The average molecular weight is 310 g/mol. The number of likely N-dealkylation sites (N-methyl/N-ethyl adjacent to an activating group) is 1. The highest BCUT2D eigenvalue weighted by molar-refractivity contribution is 7.88. The summed E-state index contributed by atoms with van der Waals surface area (Å²) < 4.78 is 27.3. The van der Waals surface area contributed by atoms with Crippen LogP contribution in [0.3, 0.4) is 0 Å². The molecule has 0 aliphatic carbocycles. The molecule has 0 radical (unpaired) electrons. The van der Waals surface area contributed by atoms with Crippen molar-refractivity contribution in [3.8, 4) is 0 Å². The molecule has 0 spiro atoms. The van der Waals surface area contributed by atoms with E-state index in [-0.39, 0.29) is 17.8 Å². The fraction of sp³-hybridized carbons (Fsp3) is 0.625. The normalized spacial score (nSPS) is 22.1. The van der Waals surface area contributed by atoms with Gasteiger partial charge in [-0.05, 0) is 31.9 Å². The fourth-order valence-corrected chi connectivity index (χ4v) is 4.99. The molecule has 1 aromatic carbocycles. The van der Waals surface area contributed by atoms with E-state index in [2.05, 4.69) is 19.2 Å². The largest absolute Gasteiger partial charge is 0.313 e. The Morgan fingerprint density at radius 3 is 2.67 bits per heavy atom. The second kappa shape index (κ2) is 7.38. The van der Waals surface area contributed by atoms with Gasteiger partial charge in [0.25, 0.3) is 0 Å². The molecular formula is C16H26N2O2S. The summed E-state index contributed by atoms with van der Waals surface area (Å²) in [6.45, 7) is 5.66. The van der Waals surface area contributed by atoms with Crippen LogP contribution < -0.4 is 5.32 Å². The highest BCUT2D eigenvalue weighted by Crippen LogP contribution is 2.25. The molecule has 1 aliphatic heterocycles. The molecule has 118 valence electrons. The maximum Gasteiger partial charge on any atom is 0.218 e. The molecule has 1 heterocycles. The summed E-state index contributed by atoms with van der Waals surface area (Å²) in [5, 5.41) is 3.38. The molecule has 21 heavy (non-hydrogen) atoms. The lowest BCUT2D eigenvalue weighted by atomic mass is 9.99. The Kier molecular flexibility index (Phi) is 5.79. The van der Waals surface area contributed by atoms with E-state index in [0.717, 1.165) is 31.4 Å². The van der Waals surface area contributed by atoms with Gasteiger partial charge in [-0.25, -0.2) is 8.42 Å². The SMILES string of the molecule is CCNC(C)C1CCCCN1S(=O)(=O)Cc1ccccc1. The lowest BCUT2D eigenvalue weighted by molar-refractivity contribution is 0.209. The summed E-state index contributed by atoms with van der Waals surface area (Å²) >= 11 is 0. The third kappa shape index (κ3) is 4.28. The van der Waals surface area contributed by atoms with Crippen molar-refractivity contribution in [2.24, 2.45) is 0 Å². The predicted molar refractivity (Wildman–Crippen MR) is 86.5 cm³/mol. The van der Waals surface area contributed by atoms with Crippen molar-refractivity contribution < 1.29 is 8.42 Å². The lowest BCUT2D eigenvalue weighted by Gasteiger charge is -2.38. The molecule has 1 saturated heterocycles. The first-order chi connectivity index (χ1) is 10.0. The first kappa shape index (κ1) is 16.5. The third-order valence-corrected chi connectivity index (χ3v) is 6.02. The Labute approximate surface area is 128 Å². The van der Waals surface area contributed by atoms with Crippen LogP contribution in [0.5, 0.6) is 0 Å². The van der Waals surface area contributed by atoms with Crippen molar-refractivity contribution in [2.75, 3.05) is 13.1 Å². The topological polar surface area (TPSA) is 49.4 Å². The molecule has 2 atom stereocenters. The summed E-state index contributed by atoms with van der Waals surface area (Å²) in [5.74, 6) is 0.100. The minimum atomic E-state index is -3.26. The van der Waals surface area contributed by atoms with Gasteiger partial charge in [0.2, 0.25) is 10.0 Å². The number of nitrogens with zero attached hydrogens (tertiary/aromatic N) is 1. The number of nitrogens with one attached hydrogen (secondary N) is 1. The summed E-state index contributed by atoms with van der Waals surface area (Å²) in [6, 6.07) is 9.72. The van der Waals surface area contributed by atoms with E-state index in [9.17, 15) is 8.42 Å². The van der Waals surface area contributed by atoms with Gasteiger partial charge >= 0.3 is 0 Å². The van der Waals surface area contributed by atoms with Crippen LogP contribution in [-0.4, -0.2) is 37.9 Å². The molecule has 0 amide bonds. The Morgan fingerprint density at radius 1 is 1.29 bits per heavy atom. The van der Waals surface area contributed by atoms with Gasteiger partial charge in [0.1, 0.15) is 0 Å². The van der Waals surface area contributed by atoms with Crippen molar-refractivity contribution in [3.63, 3.8) is 0 Å². The number of benzene rings is 1. The lowest BCUT2D eigenvalue weighted by Crippen LogP contribution is -2.53. The average Bonchev–Trinajstić information content (AvgIpc) is 2.48. The highest BCUT2D eigenvalue weighted by atomic mass is 32.2. The smallest absolute Gasteiger partial charge is 0.218 e. The second-order valence-corrected chi connectivity index (χ2v) is 7.68. The van der Waals surface area contributed by atoms with E-state index in [1.54, 1.807) is 4.31 Å². The molecule has 1 N–H and O–H groups in total. The van der Waals surface area contributed by atoms with Crippen LogP contribution in [0.4, 0.5) is 0 Å². The molecule has 1 fully saturated rings. The summed E-state index contributed by atoms with van der Waals surface area (Å²) in [7, 11) is -3.26. The number of hydrogen-bond donors (Lipinski definition) is 1. The Bertz CT molecular complexity index is 530. The van der Waals surface area contributed by atoms with E-state index in [1.807, 2.05) is 30.3 Å². The van der Waals surface area contributed by atoms with Crippen LogP contribution in [0.15, 0.2) is 30.3 Å². The van der Waals surface area contributed by atoms with E-state index >= 15 is 0 Å². The maximum atomic E-state index is 12.8. The molecule has 4 nitrogen and oxygen atoms in total. The minimum absolute atomic E-state index is 0.0763. The molecule has 5 heteroatoms. The van der Waals surface area contributed by atoms with Crippen molar-refractivity contribution in [1.82, 2.24) is 9.62 Å². The number of rotatable bonds is 6.